The number of ether oxygens (including phenoxy) is 1. The fourth-order valence-electron chi connectivity index (χ4n) is 3.79. The van der Waals surface area contributed by atoms with Gasteiger partial charge in [-0.15, -0.1) is 0 Å². The smallest absolute Gasteiger partial charge is 0.313 e. The van der Waals surface area contributed by atoms with Gasteiger partial charge in [-0.25, -0.2) is 0 Å². The number of aryl methyl sites for hydroxylation is 3. The van der Waals surface area contributed by atoms with Crippen LogP contribution in [0.1, 0.15) is 35.1 Å². The largest absolute Gasteiger partial charge is 0.497 e. The van der Waals surface area contributed by atoms with Gasteiger partial charge in [-0.1, -0.05) is 12.1 Å². The Hall–Kier alpha value is -2.86. The van der Waals surface area contributed by atoms with E-state index in [9.17, 15) is 14.7 Å². The van der Waals surface area contributed by atoms with Crippen LogP contribution in [0.3, 0.4) is 0 Å². The molecule has 148 valence electrons. The standard InChI is InChI=1S/C22H26N2O4/c1-14-9-15(2)11-17(10-14)24-21(26)20(25)23-13-22(27)8-4-5-16-12-18(28-3)6-7-19(16)22/h6-7,9-12,27H,4-5,8,13H2,1-3H3,(H,23,25)(H,24,26)/t22-/m0/s1. The Morgan fingerprint density at radius 2 is 1.82 bits per heavy atom. The van der Waals surface area contributed by atoms with Crippen LogP contribution in [0.25, 0.3) is 0 Å². The first-order valence-electron chi connectivity index (χ1n) is 9.38. The summed E-state index contributed by atoms with van der Waals surface area (Å²) < 4.78 is 5.25. The summed E-state index contributed by atoms with van der Waals surface area (Å²) in [7, 11) is 1.60. The highest BCUT2D eigenvalue weighted by Crippen LogP contribution is 2.36. The van der Waals surface area contributed by atoms with Crippen molar-refractivity contribution in [2.75, 3.05) is 19.0 Å². The number of hydrogen-bond acceptors (Lipinski definition) is 4. The van der Waals surface area contributed by atoms with Crippen LogP contribution in [0.15, 0.2) is 36.4 Å². The van der Waals surface area contributed by atoms with E-state index in [2.05, 4.69) is 10.6 Å². The number of carbonyl (C=O) groups excluding carboxylic acids is 2. The van der Waals surface area contributed by atoms with Crippen LogP contribution < -0.4 is 15.4 Å². The topological polar surface area (TPSA) is 87.7 Å². The van der Waals surface area contributed by atoms with Crippen molar-refractivity contribution in [3.63, 3.8) is 0 Å². The van der Waals surface area contributed by atoms with Crippen molar-refractivity contribution in [3.05, 3.63) is 58.7 Å². The molecule has 1 atom stereocenters. The third-order valence-corrected chi connectivity index (χ3v) is 5.08. The molecule has 0 fully saturated rings. The number of rotatable bonds is 4. The molecule has 1 aliphatic carbocycles. The second kappa shape index (κ2) is 8.02. The number of benzene rings is 2. The molecule has 0 aromatic heterocycles. The van der Waals surface area contributed by atoms with Gasteiger partial charge in [-0.05, 0) is 79.6 Å². The van der Waals surface area contributed by atoms with Crippen molar-refractivity contribution in [1.29, 1.82) is 0 Å². The van der Waals surface area contributed by atoms with E-state index in [1.807, 2.05) is 32.0 Å². The molecule has 6 heteroatoms. The van der Waals surface area contributed by atoms with E-state index >= 15 is 0 Å². The zero-order valence-corrected chi connectivity index (χ0v) is 16.5. The van der Waals surface area contributed by atoms with Crippen molar-refractivity contribution >= 4 is 17.5 Å². The molecule has 2 aromatic rings. The monoisotopic (exact) mass is 382 g/mol. The van der Waals surface area contributed by atoms with Gasteiger partial charge in [-0.2, -0.15) is 0 Å². The first-order valence-corrected chi connectivity index (χ1v) is 9.38. The maximum absolute atomic E-state index is 12.3. The van der Waals surface area contributed by atoms with Crippen molar-refractivity contribution in [1.82, 2.24) is 5.32 Å². The number of aliphatic hydroxyl groups is 1. The molecule has 28 heavy (non-hydrogen) atoms. The van der Waals surface area contributed by atoms with Gasteiger partial charge in [0.05, 0.1) is 13.7 Å². The van der Waals surface area contributed by atoms with Gasteiger partial charge in [0.2, 0.25) is 0 Å². The molecule has 3 N–H and O–H groups in total. The van der Waals surface area contributed by atoms with Gasteiger partial charge in [0.25, 0.3) is 0 Å². The number of hydrogen-bond donors (Lipinski definition) is 3. The molecule has 0 aliphatic heterocycles. The lowest BCUT2D eigenvalue weighted by Gasteiger charge is -2.34. The van der Waals surface area contributed by atoms with Crippen molar-refractivity contribution in [2.45, 2.75) is 38.7 Å². The van der Waals surface area contributed by atoms with E-state index in [0.29, 0.717) is 12.1 Å². The molecule has 0 unspecified atom stereocenters. The predicted molar refractivity (Wildman–Crippen MR) is 107 cm³/mol. The number of nitrogens with one attached hydrogen (secondary N) is 2. The molecule has 3 rings (SSSR count). The van der Waals surface area contributed by atoms with Gasteiger partial charge >= 0.3 is 11.8 Å². The molecule has 6 nitrogen and oxygen atoms in total. The molecule has 0 radical (unpaired) electrons. The van der Waals surface area contributed by atoms with E-state index in [1.54, 1.807) is 25.3 Å². The summed E-state index contributed by atoms with van der Waals surface area (Å²) in [5.41, 5.74) is 3.15. The fourth-order valence-corrected chi connectivity index (χ4v) is 3.79. The van der Waals surface area contributed by atoms with Gasteiger partial charge in [-0.3, -0.25) is 9.59 Å². The third-order valence-electron chi connectivity index (χ3n) is 5.08. The second-order valence-corrected chi connectivity index (χ2v) is 7.42. The molecule has 1 aliphatic rings. The van der Waals surface area contributed by atoms with Gasteiger partial charge in [0, 0.05) is 5.69 Å². The second-order valence-electron chi connectivity index (χ2n) is 7.42. The van der Waals surface area contributed by atoms with Crippen LogP contribution in [0, 0.1) is 13.8 Å². The maximum Gasteiger partial charge on any atom is 0.313 e. The van der Waals surface area contributed by atoms with E-state index in [0.717, 1.165) is 40.8 Å². The number of amides is 2. The van der Waals surface area contributed by atoms with E-state index < -0.39 is 17.4 Å². The average molecular weight is 382 g/mol. The Morgan fingerprint density at radius 3 is 2.50 bits per heavy atom. The highest BCUT2D eigenvalue weighted by Gasteiger charge is 2.35. The minimum absolute atomic E-state index is 0.0224. The molecule has 0 heterocycles. The first kappa shape index (κ1) is 19.9. The van der Waals surface area contributed by atoms with Crippen molar-refractivity contribution < 1.29 is 19.4 Å². The number of fused-ring (bicyclic) bond motifs is 1. The highest BCUT2D eigenvalue weighted by molar-refractivity contribution is 6.39. The lowest BCUT2D eigenvalue weighted by Crippen LogP contribution is -2.46. The van der Waals surface area contributed by atoms with E-state index in [4.69, 9.17) is 4.74 Å². The normalized spacial score (nSPS) is 18.1. The number of anilines is 1. The SMILES string of the molecule is COc1ccc2c(c1)CCC[C@]2(O)CNC(=O)C(=O)Nc1cc(C)cc(C)c1. The van der Waals surface area contributed by atoms with E-state index in [1.165, 1.54) is 0 Å². The average Bonchev–Trinajstić information content (AvgIpc) is 2.65. The summed E-state index contributed by atoms with van der Waals surface area (Å²) in [4.78, 5) is 24.5. The highest BCUT2D eigenvalue weighted by atomic mass is 16.5. The summed E-state index contributed by atoms with van der Waals surface area (Å²) in [5.74, 6) is -0.785. The minimum atomic E-state index is -1.20. The molecule has 0 saturated carbocycles. The zero-order chi connectivity index (χ0) is 20.3. The molecule has 2 aromatic carbocycles. The van der Waals surface area contributed by atoms with Crippen LogP contribution in [-0.2, 0) is 21.6 Å². The summed E-state index contributed by atoms with van der Waals surface area (Å²) in [6.45, 7) is 3.83. The van der Waals surface area contributed by atoms with Gasteiger partial charge in [0.1, 0.15) is 11.4 Å². The molecule has 2 amide bonds. The molecule has 0 saturated heterocycles. The molecule has 0 spiro atoms. The van der Waals surface area contributed by atoms with Crippen molar-refractivity contribution in [2.24, 2.45) is 0 Å². The predicted octanol–water partition coefficient (Wildman–Crippen LogP) is 2.59. The third kappa shape index (κ3) is 4.34. The number of methoxy groups -OCH3 is 1. The Bertz CT molecular complexity index is 889. The van der Waals surface area contributed by atoms with Crippen LogP contribution in [0.4, 0.5) is 5.69 Å². The van der Waals surface area contributed by atoms with Gasteiger partial charge in [0.15, 0.2) is 0 Å². The lowest BCUT2D eigenvalue weighted by atomic mass is 9.79. The Labute approximate surface area is 164 Å². The van der Waals surface area contributed by atoms with Crippen LogP contribution >= 0.6 is 0 Å². The fraction of sp³-hybridized carbons (Fsp3) is 0.364. The number of carbonyl (C=O) groups is 2. The van der Waals surface area contributed by atoms with E-state index in [-0.39, 0.29) is 6.54 Å². The molecular formula is C22H26N2O4. The molecular weight excluding hydrogens is 356 g/mol. The Balaban J connectivity index is 1.66. The van der Waals surface area contributed by atoms with Crippen LogP contribution in [0.2, 0.25) is 0 Å². The summed E-state index contributed by atoms with van der Waals surface area (Å²) in [5, 5.41) is 16.3. The lowest BCUT2D eigenvalue weighted by molar-refractivity contribution is -0.137. The Morgan fingerprint density at radius 1 is 1.11 bits per heavy atom. The van der Waals surface area contributed by atoms with Crippen LogP contribution in [-0.4, -0.2) is 30.6 Å². The minimum Gasteiger partial charge on any atom is -0.497 e. The van der Waals surface area contributed by atoms with Crippen molar-refractivity contribution in [3.8, 4) is 5.75 Å². The van der Waals surface area contributed by atoms with Gasteiger partial charge < -0.3 is 20.5 Å². The summed E-state index contributed by atoms with van der Waals surface area (Å²) in [6, 6.07) is 11.1. The Kier molecular flexibility index (Phi) is 5.70. The maximum atomic E-state index is 12.3. The summed E-state index contributed by atoms with van der Waals surface area (Å²) >= 11 is 0. The van der Waals surface area contributed by atoms with Crippen LogP contribution in [0.5, 0.6) is 5.75 Å². The zero-order valence-electron chi connectivity index (χ0n) is 16.5. The summed E-state index contributed by atoms with van der Waals surface area (Å²) in [6.07, 6.45) is 2.16. The molecule has 0 bridgehead atoms. The quantitative estimate of drug-likeness (QED) is 0.710. The first-order chi connectivity index (χ1) is 13.3.